The van der Waals surface area contributed by atoms with Crippen molar-refractivity contribution in [3.05, 3.63) is 0 Å². The lowest BCUT2D eigenvalue weighted by Gasteiger charge is -2.43. The topological polar surface area (TPSA) is 160 Å². The fraction of sp³-hybridized carbons (Fsp3) is 0.750. The van der Waals surface area contributed by atoms with Crippen LogP contribution in [0.4, 0.5) is 0 Å². The number of aliphatic imine (C=N–C) groups is 2. The number of nitrogens with zero attached hydrogens (tertiary/aromatic N) is 3. The summed E-state index contributed by atoms with van der Waals surface area (Å²) < 4.78 is 10.5. The van der Waals surface area contributed by atoms with E-state index >= 15 is 0 Å². The average Bonchev–Trinajstić information content (AvgIpc) is 2.63. The van der Waals surface area contributed by atoms with Crippen molar-refractivity contribution in [3.63, 3.8) is 0 Å². The van der Waals surface area contributed by atoms with Crippen LogP contribution in [0.5, 0.6) is 0 Å². The maximum absolute atomic E-state index is 10.9. The molecular weight excluding hydrogens is 314 g/mol. The Bertz CT molecular complexity index is 608. The van der Waals surface area contributed by atoms with E-state index in [4.69, 9.17) is 19.6 Å². The predicted octanol–water partition coefficient (Wildman–Crippen LogP) is -0.996. The molecule has 0 spiro atoms. The second kappa shape index (κ2) is 6.16. The normalized spacial score (nSPS) is 40.4. The molecule has 2 N–H and O–H groups in total. The van der Waals surface area contributed by atoms with Crippen molar-refractivity contribution < 1.29 is 39.1 Å². The minimum atomic E-state index is -3.00. The molecule has 1 heterocycles. The van der Waals surface area contributed by atoms with Crippen LogP contribution in [0.3, 0.4) is 0 Å². The van der Waals surface area contributed by atoms with Gasteiger partial charge < -0.3 is 19.7 Å². The first-order valence-corrected chi connectivity index (χ1v) is 6.22. The molecule has 1 aliphatic rings. The molecule has 23 heavy (non-hydrogen) atoms. The van der Waals surface area contributed by atoms with Crippen molar-refractivity contribution in [2.45, 2.75) is 49.7 Å². The number of carbonyl (C=O) groups excluding carboxylic acids is 2. The Morgan fingerprint density at radius 1 is 1.26 bits per heavy atom. The quantitative estimate of drug-likeness (QED) is 0.205. The maximum atomic E-state index is 10.9. The number of methoxy groups -OCH3 is 1. The van der Waals surface area contributed by atoms with Gasteiger partial charge in [0, 0.05) is 7.11 Å². The lowest BCUT2D eigenvalue weighted by atomic mass is 9.76. The molecule has 5 atom stereocenters. The predicted molar refractivity (Wildman–Crippen MR) is 68.3 cm³/mol. The highest BCUT2D eigenvalue weighted by Gasteiger charge is 2.83. The Labute approximate surface area is 130 Å². The van der Waals surface area contributed by atoms with Crippen molar-refractivity contribution >= 4 is 12.2 Å². The minimum Gasteiger partial charge on any atom is -0.390 e. The molecular formula is C12H15N3O8. The number of isocyanates is 2. The summed E-state index contributed by atoms with van der Waals surface area (Å²) in [6.45, 7) is 3.80. The van der Waals surface area contributed by atoms with Gasteiger partial charge in [0.05, 0.1) is 6.10 Å². The number of rotatable bonds is 6. The van der Waals surface area contributed by atoms with Gasteiger partial charge in [-0.2, -0.15) is 4.99 Å². The highest BCUT2D eigenvalue weighted by atomic mass is 17.2. The molecule has 1 saturated heterocycles. The van der Waals surface area contributed by atoms with E-state index in [9.17, 15) is 19.8 Å². The van der Waals surface area contributed by atoms with E-state index in [1.165, 1.54) is 20.8 Å². The monoisotopic (exact) mass is 329 g/mol. The van der Waals surface area contributed by atoms with Crippen LogP contribution in [0.1, 0.15) is 20.8 Å². The van der Waals surface area contributed by atoms with Gasteiger partial charge in [-0.1, -0.05) is 0 Å². The molecule has 0 bridgehead atoms. The third-order valence-electron chi connectivity index (χ3n) is 4.19. The summed E-state index contributed by atoms with van der Waals surface area (Å²) in [6, 6.07) is 0. The van der Waals surface area contributed by atoms with Crippen LogP contribution in [-0.4, -0.2) is 58.4 Å². The first-order chi connectivity index (χ1) is 10.6. The molecule has 126 valence electrons. The molecule has 0 amide bonds. The second-order valence-corrected chi connectivity index (χ2v) is 5.04. The number of hydrogen-bond donors (Lipinski definition) is 2. The van der Waals surface area contributed by atoms with E-state index in [0.29, 0.717) is 0 Å². The third kappa shape index (κ3) is 2.26. The molecule has 1 rings (SSSR count). The Morgan fingerprint density at radius 2 is 1.83 bits per heavy atom. The number of ether oxygens (including phenoxy) is 2. The minimum absolute atomic E-state index is 1.03. The van der Waals surface area contributed by atoms with E-state index in [-0.39, 0.29) is 0 Å². The molecule has 11 nitrogen and oxygen atoms in total. The first-order valence-electron chi connectivity index (χ1n) is 6.22. The largest absolute Gasteiger partial charge is 0.390 e. The summed E-state index contributed by atoms with van der Waals surface area (Å²) in [7, 11) is 1.13. The molecule has 11 heteroatoms. The zero-order valence-corrected chi connectivity index (χ0v) is 12.8. The van der Waals surface area contributed by atoms with E-state index < -0.39 is 28.9 Å². The van der Waals surface area contributed by atoms with Crippen LogP contribution in [0, 0.1) is 11.5 Å². The van der Waals surface area contributed by atoms with Crippen LogP contribution in [0.15, 0.2) is 9.98 Å². The lowest BCUT2D eigenvalue weighted by Crippen LogP contribution is -2.67. The van der Waals surface area contributed by atoms with Crippen LogP contribution in [0.25, 0.3) is 0 Å². The molecule has 0 aliphatic carbocycles. The summed E-state index contributed by atoms with van der Waals surface area (Å²) in [5.41, 5.74) is -6.47. The molecule has 1 fully saturated rings. The lowest BCUT2D eigenvalue weighted by molar-refractivity contribution is -0.400. The highest BCUT2D eigenvalue weighted by Crippen LogP contribution is 2.57. The second-order valence-electron chi connectivity index (χ2n) is 5.04. The summed E-state index contributed by atoms with van der Waals surface area (Å²) >= 11 is 0. The van der Waals surface area contributed by atoms with Gasteiger partial charge in [-0.05, 0) is 20.8 Å². The van der Waals surface area contributed by atoms with Crippen molar-refractivity contribution in [1.29, 1.82) is 5.26 Å². The zero-order chi connectivity index (χ0) is 17.9. The smallest absolute Gasteiger partial charge is 0.338 e. The van der Waals surface area contributed by atoms with Gasteiger partial charge in [0.25, 0.3) is 0 Å². The number of aliphatic hydroxyl groups excluding tert-OH is 1. The van der Waals surface area contributed by atoms with Gasteiger partial charge in [-0.3, -0.25) is 4.89 Å². The molecule has 0 radical (unpaired) electrons. The van der Waals surface area contributed by atoms with Crippen LogP contribution in [0.2, 0.25) is 0 Å². The Balaban J connectivity index is 3.83. The highest BCUT2D eigenvalue weighted by molar-refractivity contribution is 5.41. The van der Waals surface area contributed by atoms with E-state index in [1.807, 2.05) is 0 Å². The van der Waals surface area contributed by atoms with Crippen molar-refractivity contribution in [1.82, 2.24) is 0 Å². The van der Waals surface area contributed by atoms with Crippen LogP contribution in [-0.2, 0) is 28.8 Å². The van der Waals surface area contributed by atoms with Crippen molar-refractivity contribution in [2.75, 3.05) is 7.11 Å². The summed E-state index contributed by atoms with van der Waals surface area (Å²) in [5.74, 6) is -3.00. The van der Waals surface area contributed by atoms with E-state index in [1.54, 1.807) is 0 Å². The van der Waals surface area contributed by atoms with E-state index in [0.717, 1.165) is 25.5 Å². The van der Waals surface area contributed by atoms with Crippen molar-refractivity contribution in [2.24, 2.45) is 9.98 Å². The van der Waals surface area contributed by atoms with Gasteiger partial charge in [-0.15, -0.1) is 15.1 Å². The van der Waals surface area contributed by atoms with Gasteiger partial charge in [0.15, 0.2) is 5.60 Å². The fourth-order valence-corrected chi connectivity index (χ4v) is 2.57. The molecule has 0 saturated carbocycles. The fourth-order valence-electron chi connectivity index (χ4n) is 2.57. The average molecular weight is 329 g/mol. The van der Waals surface area contributed by atoms with Gasteiger partial charge in [0.1, 0.15) is 5.60 Å². The third-order valence-corrected chi connectivity index (χ3v) is 4.19. The Kier molecular flexibility index (Phi) is 5.06. The van der Waals surface area contributed by atoms with Gasteiger partial charge >= 0.3 is 17.9 Å². The Hall–Kier alpha value is -2.15. The van der Waals surface area contributed by atoms with Gasteiger partial charge in [0.2, 0.25) is 12.2 Å². The Morgan fingerprint density at radius 3 is 2.22 bits per heavy atom. The van der Waals surface area contributed by atoms with Crippen LogP contribution < -0.4 is 0 Å². The summed E-state index contributed by atoms with van der Waals surface area (Å²) in [6.07, 6.45) is 1.94. The number of nitriles is 1. The van der Waals surface area contributed by atoms with Crippen LogP contribution >= 0.6 is 0 Å². The summed E-state index contributed by atoms with van der Waals surface area (Å²) in [5, 5.41) is 29.2. The molecule has 1 aliphatic heterocycles. The SMILES string of the molecule is CO[C@]1(C)C(N=C=O)(OOC#N)C(O)(N=C=O)O[C@]1(C)C(C)O. The molecule has 3 unspecified atom stereocenters. The summed E-state index contributed by atoms with van der Waals surface area (Å²) in [4.78, 5) is 36.7. The molecule has 0 aromatic rings. The number of hydrogen-bond acceptors (Lipinski definition) is 11. The maximum Gasteiger partial charge on any atom is 0.338 e. The molecule has 0 aromatic carbocycles. The molecule has 0 aromatic heterocycles. The zero-order valence-electron chi connectivity index (χ0n) is 12.8. The van der Waals surface area contributed by atoms with E-state index in [2.05, 4.69) is 14.9 Å². The standard InChI is InChI=1S/C12H15N3O8/c1-8(18)9(2)10(3,20-4)11(14-6-16,23-21-5-13)12(19,22-9)15-7-17/h8,18-19H,1-4H3/t8?,9-,10+,11?,12?/m1/s1. The van der Waals surface area contributed by atoms with Crippen molar-refractivity contribution in [3.8, 4) is 6.26 Å². The number of aliphatic hydroxyl groups is 2. The first kappa shape index (κ1) is 18.9. The van der Waals surface area contributed by atoms with Gasteiger partial charge in [-0.25, -0.2) is 9.59 Å².